The molecule has 0 amide bonds. The Hall–Kier alpha value is -2.38. The van der Waals surface area contributed by atoms with Gasteiger partial charge in [-0.25, -0.2) is 9.98 Å². The molecule has 0 fully saturated rings. The van der Waals surface area contributed by atoms with Crippen LogP contribution in [0.25, 0.3) is 0 Å². The fourth-order valence-electron chi connectivity index (χ4n) is 2.55. The molecular formula is C15H19N5O2. The number of para-hydroxylation sites is 1. The molecule has 0 radical (unpaired) electrons. The van der Waals surface area contributed by atoms with E-state index in [-0.39, 0.29) is 6.61 Å². The first kappa shape index (κ1) is 14.6. The van der Waals surface area contributed by atoms with Crippen molar-refractivity contribution in [3.8, 4) is 0 Å². The Morgan fingerprint density at radius 3 is 2.95 bits per heavy atom. The third-order valence-electron chi connectivity index (χ3n) is 3.61. The zero-order valence-corrected chi connectivity index (χ0v) is 12.1. The van der Waals surface area contributed by atoms with Crippen molar-refractivity contribution in [1.29, 1.82) is 0 Å². The molecule has 3 rings (SSSR count). The van der Waals surface area contributed by atoms with Gasteiger partial charge in [-0.1, -0.05) is 12.1 Å². The predicted molar refractivity (Wildman–Crippen MR) is 83.5 cm³/mol. The SMILES string of the molecule is NC1=NC(CCOCCO)(n2ccnc2)Nc2ccccc21. The number of anilines is 1. The van der Waals surface area contributed by atoms with Gasteiger partial charge in [0.2, 0.25) is 5.79 Å². The lowest BCUT2D eigenvalue weighted by Crippen LogP contribution is -2.45. The van der Waals surface area contributed by atoms with Gasteiger partial charge < -0.3 is 20.9 Å². The number of ether oxygens (including phenoxy) is 1. The van der Waals surface area contributed by atoms with E-state index in [1.54, 1.807) is 12.5 Å². The van der Waals surface area contributed by atoms with Crippen molar-refractivity contribution >= 4 is 11.5 Å². The number of aliphatic hydroxyl groups is 1. The maximum Gasteiger partial charge on any atom is 0.216 e. The van der Waals surface area contributed by atoms with Crippen LogP contribution in [-0.2, 0) is 10.5 Å². The van der Waals surface area contributed by atoms with Crippen LogP contribution in [0.3, 0.4) is 0 Å². The molecule has 0 saturated heterocycles. The molecule has 0 aliphatic carbocycles. The molecule has 0 spiro atoms. The number of imidazole rings is 1. The lowest BCUT2D eigenvalue weighted by molar-refractivity contribution is 0.0738. The van der Waals surface area contributed by atoms with Crippen LogP contribution in [0.2, 0.25) is 0 Å². The highest BCUT2D eigenvalue weighted by atomic mass is 16.5. The van der Waals surface area contributed by atoms with Crippen molar-refractivity contribution < 1.29 is 9.84 Å². The number of aromatic nitrogens is 2. The second-order valence-corrected chi connectivity index (χ2v) is 5.04. The number of aliphatic hydroxyl groups excluding tert-OH is 1. The van der Waals surface area contributed by atoms with E-state index in [9.17, 15) is 0 Å². The van der Waals surface area contributed by atoms with Gasteiger partial charge in [0.25, 0.3) is 0 Å². The summed E-state index contributed by atoms with van der Waals surface area (Å²) in [6.07, 6.45) is 5.79. The molecule has 7 heteroatoms. The number of benzene rings is 1. The van der Waals surface area contributed by atoms with E-state index < -0.39 is 5.79 Å². The van der Waals surface area contributed by atoms with Crippen molar-refractivity contribution in [2.24, 2.45) is 10.7 Å². The highest BCUT2D eigenvalue weighted by molar-refractivity contribution is 6.03. The van der Waals surface area contributed by atoms with Gasteiger partial charge in [0, 0.05) is 30.1 Å². The molecule has 4 N–H and O–H groups in total. The summed E-state index contributed by atoms with van der Waals surface area (Å²) in [6, 6.07) is 7.78. The van der Waals surface area contributed by atoms with Gasteiger partial charge in [-0.05, 0) is 12.1 Å². The van der Waals surface area contributed by atoms with Crippen molar-refractivity contribution in [2.45, 2.75) is 12.2 Å². The Bertz CT molecular complexity index is 656. The van der Waals surface area contributed by atoms with Gasteiger partial charge in [0.05, 0.1) is 26.1 Å². The Balaban J connectivity index is 1.93. The van der Waals surface area contributed by atoms with Gasteiger partial charge in [-0.3, -0.25) is 4.57 Å². The first-order valence-corrected chi connectivity index (χ1v) is 7.15. The molecule has 1 aromatic heterocycles. The van der Waals surface area contributed by atoms with E-state index in [0.29, 0.717) is 25.5 Å². The smallest absolute Gasteiger partial charge is 0.216 e. The third-order valence-corrected chi connectivity index (χ3v) is 3.61. The van der Waals surface area contributed by atoms with Crippen LogP contribution in [0.1, 0.15) is 12.0 Å². The molecule has 1 unspecified atom stereocenters. The van der Waals surface area contributed by atoms with Gasteiger partial charge in [0.1, 0.15) is 5.84 Å². The highest BCUT2D eigenvalue weighted by Gasteiger charge is 2.35. The summed E-state index contributed by atoms with van der Waals surface area (Å²) < 4.78 is 7.27. The average molecular weight is 301 g/mol. The largest absolute Gasteiger partial charge is 0.394 e. The molecule has 2 heterocycles. The van der Waals surface area contributed by atoms with Crippen LogP contribution in [0.4, 0.5) is 5.69 Å². The zero-order valence-electron chi connectivity index (χ0n) is 12.1. The van der Waals surface area contributed by atoms with Crippen molar-refractivity contribution in [3.63, 3.8) is 0 Å². The Kier molecular flexibility index (Phi) is 4.08. The van der Waals surface area contributed by atoms with E-state index >= 15 is 0 Å². The summed E-state index contributed by atoms with van der Waals surface area (Å²) in [4.78, 5) is 8.76. The fraction of sp³-hybridized carbons (Fsp3) is 0.333. The number of fused-ring (bicyclic) bond motifs is 1. The monoisotopic (exact) mass is 301 g/mol. The number of nitrogens with two attached hydrogens (primary N) is 1. The van der Waals surface area contributed by atoms with Gasteiger partial charge in [-0.2, -0.15) is 0 Å². The summed E-state index contributed by atoms with van der Waals surface area (Å²) in [5, 5.41) is 12.3. The first-order valence-electron chi connectivity index (χ1n) is 7.15. The Labute approximate surface area is 128 Å². The second kappa shape index (κ2) is 6.17. The number of nitrogens with zero attached hydrogens (tertiary/aromatic N) is 3. The molecule has 0 saturated carbocycles. The zero-order chi connectivity index (χ0) is 15.4. The minimum absolute atomic E-state index is 0.000254. The van der Waals surface area contributed by atoms with Gasteiger partial charge in [-0.15, -0.1) is 0 Å². The number of aliphatic imine (C=N–C) groups is 1. The van der Waals surface area contributed by atoms with Crippen LogP contribution in [0, 0.1) is 0 Å². The summed E-state index contributed by atoms with van der Waals surface area (Å²) in [5.41, 5.74) is 7.96. The lowest BCUT2D eigenvalue weighted by atomic mass is 10.1. The molecule has 116 valence electrons. The average Bonchev–Trinajstić information content (AvgIpc) is 3.07. The maximum atomic E-state index is 8.82. The summed E-state index contributed by atoms with van der Waals surface area (Å²) >= 11 is 0. The van der Waals surface area contributed by atoms with Crippen molar-refractivity contribution in [3.05, 3.63) is 48.5 Å². The van der Waals surface area contributed by atoms with E-state index in [1.807, 2.05) is 35.0 Å². The molecule has 1 aromatic carbocycles. The van der Waals surface area contributed by atoms with E-state index in [2.05, 4.69) is 15.3 Å². The summed E-state index contributed by atoms with van der Waals surface area (Å²) in [7, 11) is 0. The van der Waals surface area contributed by atoms with Gasteiger partial charge >= 0.3 is 0 Å². The Morgan fingerprint density at radius 2 is 2.18 bits per heavy atom. The molecule has 1 aliphatic rings. The van der Waals surface area contributed by atoms with Gasteiger partial charge in [0.15, 0.2) is 0 Å². The normalized spacial score (nSPS) is 20.1. The van der Waals surface area contributed by atoms with Crippen LogP contribution in [0.5, 0.6) is 0 Å². The second-order valence-electron chi connectivity index (χ2n) is 5.04. The van der Waals surface area contributed by atoms with Crippen LogP contribution in [0.15, 0.2) is 48.0 Å². The topological polar surface area (TPSA) is 97.7 Å². The minimum atomic E-state index is -0.773. The lowest BCUT2D eigenvalue weighted by Gasteiger charge is -2.37. The number of nitrogens with one attached hydrogen (secondary N) is 1. The van der Waals surface area contributed by atoms with E-state index in [0.717, 1.165) is 11.3 Å². The molecule has 2 aromatic rings. The van der Waals surface area contributed by atoms with Crippen molar-refractivity contribution in [2.75, 3.05) is 25.1 Å². The summed E-state index contributed by atoms with van der Waals surface area (Å²) in [6.45, 7) is 0.736. The fourth-order valence-corrected chi connectivity index (χ4v) is 2.55. The standard InChI is InChI=1S/C15H19N5O2/c16-14-12-3-1-2-4-13(12)18-15(19-14,5-9-22-10-8-21)20-7-6-17-11-20/h1-4,6-7,11,18,21H,5,8-10H2,(H2,16,19). The number of hydrogen-bond acceptors (Lipinski definition) is 6. The molecule has 22 heavy (non-hydrogen) atoms. The number of hydrogen-bond donors (Lipinski definition) is 3. The molecule has 7 nitrogen and oxygen atoms in total. The summed E-state index contributed by atoms with van der Waals surface area (Å²) in [5.74, 6) is -0.296. The highest BCUT2D eigenvalue weighted by Crippen LogP contribution is 2.32. The molecular weight excluding hydrogens is 282 g/mol. The predicted octanol–water partition coefficient (Wildman–Crippen LogP) is 0.723. The van der Waals surface area contributed by atoms with Crippen LogP contribution >= 0.6 is 0 Å². The Morgan fingerprint density at radius 1 is 1.32 bits per heavy atom. The van der Waals surface area contributed by atoms with Crippen LogP contribution < -0.4 is 11.1 Å². The van der Waals surface area contributed by atoms with E-state index in [4.69, 9.17) is 15.6 Å². The number of rotatable bonds is 6. The minimum Gasteiger partial charge on any atom is -0.394 e. The third kappa shape index (κ3) is 2.68. The van der Waals surface area contributed by atoms with Crippen LogP contribution in [-0.4, -0.2) is 40.3 Å². The quantitative estimate of drug-likeness (QED) is 0.683. The molecule has 1 aliphatic heterocycles. The van der Waals surface area contributed by atoms with E-state index in [1.165, 1.54) is 0 Å². The van der Waals surface area contributed by atoms with Crippen molar-refractivity contribution in [1.82, 2.24) is 9.55 Å². The number of amidine groups is 1. The maximum absolute atomic E-state index is 8.82. The molecule has 1 atom stereocenters. The molecule has 0 bridgehead atoms. The first-order chi connectivity index (χ1) is 10.7.